The Morgan fingerprint density at radius 3 is 2.18 bits per heavy atom. The minimum atomic E-state index is 0.391. The molecule has 2 heteroatoms. The van der Waals surface area contributed by atoms with E-state index in [1.165, 1.54) is 0 Å². The van der Waals surface area contributed by atoms with E-state index in [4.69, 9.17) is 4.74 Å². The third kappa shape index (κ3) is 4.81. The van der Waals surface area contributed by atoms with Gasteiger partial charge in [0.05, 0.1) is 0 Å². The first-order chi connectivity index (χ1) is 5.02. The molecule has 0 bridgehead atoms. The van der Waals surface area contributed by atoms with Crippen LogP contribution in [0.25, 0.3) is 0 Å². The Kier molecular flexibility index (Phi) is 5.36. The van der Waals surface area contributed by atoms with Crippen molar-refractivity contribution in [2.24, 2.45) is 11.3 Å². The van der Waals surface area contributed by atoms with Crippen LogP contribution < -0.4 is 0 Å². The predicted molar refractivity (Wildman–Crippen MR) is 53.2 cm³/mol. The number of rotatable bonds is 4. The summed E-state index contributed by atoms with van der Waals surface area (Å²) in [6.07, 6.45) is 1.14. The zero-order valence-electron chi connectivity index (χ0n) is 7.98. The fourth-order valence-corrected chi connectivity index (χ4v) is 2.30. The molecule has 1 atom stereocenters. The van der Waals surface area contributed by atoms with E-state index in [1.54, 1.807) is 7.11 Å². The van der Waals surface area contributed by atoms with E-state index in [1.807, 2.05) is 0 Å². The Morgan fingerprint density at radius 2 is 1.91 bits per heavy atom. The number of hydrogen-bond acceptors (Lipinski definition) is 1. The lowest BCUT2D eigenvalue weighted by atomic mass is 9.80. The first-order valence-electron chi connectivity index (χ1n) is 4.07. The summed E-state index contributed by atoms with van der Waals surface area (Å²) >= 11 is 3.53. The van der Waals surface area contributed by atoms with Gasteiger partial charge >= 0.3 is 0 Å². The van der Waals surface area contributed by atoms with Gasteiger partial charge in [0, 0.05) is 19.0 Å². The first-order valence-corrected chi connectivity index (χ1v) is 5.19. The number of methoxy groups -OCH3 is 1. The minimum absolute atomic E-state index is 0.391. The number of ether oxygens (including phenoxy) is 1. The van der Waals surface area contributed by atoms with Gasteiger partial charge in [0.2, 0.25) is 0 Å². The number of halogens is 1. The summed E-state index contributed by atoms with van der Waals surface area (Å²) in [4.78, 5) is 0. The van der Waals surface area contributed by atoms with Gasteiger partial charge in [-0.05, 0) is 17.8 Å². The summed E-state index contributed by atoms with van der Waals surface area (Å²) in [5.41, 5.74) is 0.391. The Bertz CT molecular complexity index is 96.2. The molecule has 0 heterocycles. The van der Waals surface area contributed by atoms with Gasteiger partial charge in [-0.3, -0.25) is 0 Å². The lowest BCUT2D eigenvalue weighted by molar-refractivity contribution is 0.147. The van der Waals surface area contributed by atoms with Crippen LogP contribution in [0.1, 0.15) is 27.2 Å². The van der Waals surface area contributed by atoms with Crippen LogP contribution >= 0.6 is 15.9 Å². The molecule has 0 spiro atoms. The Labute approximate surface area is 78.6 Å². The molecule has 11 heavy (non-hydrogen) atoms. The summed E-state index contributed by atoms with van der Waals surface area (Å²) in [6.45, 7) is 7.69. The van der Waals surface area contributed by atoms with Crippen LogP contribution in [-0.4, -0.2) is 19.0 Å². The highest BCUT2D eigenvalue weighted by Gasteiger charge is 2.22. The highest BCUT2D eigenvalue weighted by molar-refractivity contribution is 9.09. The minimum Gasteiger partial charge on any atom is -0.385 e. The Hall–Kier alpha value is 0.440. The van der Waals surface area contributed by atoms with Crippen molar-refractivity contribution in [2.45, 2.75) is 27.2 Å². The zero-order valence-corrected chi connectivity index (χ0v) is 9.57. The maximum absolute atomic E-state index is 5.05. The highest BCUT2D eigenvalue weighted by Crippen LogP contribution is 2.29. The normalized spacial score (nSPS) is 15.0. The van der Waals surface area contributed by atoms with Crippen LogP contribution in [0, 0.1) is 11.3 Å². The van der Waals surface area contributed by atoms with E-state index in [-0.39, 0.29) is 0 Å². The molecule has 0 radical (unpaired) electrons. The van der Waals surface area contributed by atoms with Crippen LogP contribution in [0.4, 0.5) is 0 Å². The van der Waals surface area contributed by atoms with Crippen molar-refractivity contribution in [3.8, 4) is 0 Å². The smallest absolute Gasteiger partial charge is 0.0465 e. The standard InChI is InChI=1S/C9H19BrO/c1-9(2,3)8(7-10)5-6-11-4/h8H,5-7H2,1-4H3. The first kappa shape index (κ1) is 11.4. The molecular formula is C9H19BrO. The fourth-order valence-electron chi connectivity index (χ4n) is 1.00. The molecule has 0 saturated heterocycles. The molecule has 0 aromatic rings. The molecule has 0 aromatic heterocycles. The molecule has 0 aliphatic carbocycles. The van der Waals surface area contributed by atoms with Crippen molar-refractivity contribution < 1.29 is 4.74 Å². The molecule has 0 saturated carbocycles. The van der Waals surface area contributed by atoms with E-state index in [0.717, 1.165) is 18.4 Å². The summed E-state index contributed by atoms with van der Waals surface area (Å²) in [5, 5.41) is 1.07. The largest absolute Gasteiger partial charge is 0.385 e. The third-order valence-corrected chi connectivity index (χ3v) is 2.86. The molecule has 68 valence electrons. The van der Waals surface area contributed by atoms with Gasteiger partial charge in [0.1, 0.15) is 0 Å². The van der Waals surface area contributed by atoms with E-state index in [9.17, 15) is 0 Å². The zero-order chi connectivity index (χ0) is 8.91. The molecule has 1 unspecified atom stereocenters. The maximum atomic E-state index is 5.05. The summed E-state index contributed by atoms with van der Waals surface area (Å²) in [7, 11) is 1.76. The maximum Gasteiger partial charge on any atom is 0.0465 e. The average molecular weight is 223 g/mol. The third-order valence-electron chi connectivity index (χ3n) is 2.08. The van der Waals surface area contributed by atoms with Crippen molar-refractivity contribution in [2.75, 3.05) is 19.0 Å². The lowest BCUT2D eigenvalue weighted by Crippen LogP contribution is -2.23. The van der Waals surface area contributed by atoms with Gasteiger partial charge in [-0.15, -0.1) is 0 Å². The average Bonchev–Trinajstić information content (AvgIpc) is 1.87. The quantitative estimate of drug-likeness (QED) is 0.665. The summed E-state index contributed by atoms with van der Waals surface area (Å²) in [5.74, 6) is 0.711. The summed E-state index contributed by atoms with van der Waals surface area (Å²) in [6, 6.07) is 0. The van der Waals surface area contributed by atoms with Gasteiger partial charge in [-0.1, -0.05) is 36.7 Å². The van der Waals surface area contributed by atoms with Crippen LogP contribution in [0.2, 0.25) is 0 Å². The number of hydrogen-bond donors (Lipinski definition) is 0. The molecular weight excluding hydrogens is 204 g/mol. The SMILES string of the molecule is COCCC(CBr)C(C)(C)C. The summed E-state index contributed by atoms with van der Waals surface area (Å²) < 4.78 is 5.05. The van der Waals surface area contributed by atoms with E-state index < -0.39 is 0 Å². The van der Waals surface area contributed by atoms with E-state index in [0.29, 0.717) is 11.3 Å². The molecule has 0 fully saturated rings. The van der Waals surface area contributed by atoms with Crippen molar-refractivity contribution >= 4 is 15.9 Å². The van der Waals surface area contributed by atoms with Crippen LogP contribution in [0.5, 0.6) is 0 Å². The van der Waals surface area contributed by atoms with E-state index in [2.05, 4.69) is 36.7 Å². The molecule has 0 amide bonds. The molecule has 0 rings (SSSR count). The van der Waals surface area contributed by atoms with Gasteiger partial charge in [0.15, 0.2) is 0 Å². The second-order valence-electron chi connectivity index (χ2n) is 4.00. The second kappa shape index (κ2) is 5.15. The van der Waals surface area contributed by atoms with Crippen molar-refractivity contribution in [3.05, 3.63) is 0 Å². The molecule has 0 aliphatic heterocycles. The lowest BCUT2D eigenvalue weighted by Gasteiger charge is -2.28. The van der Waals surface area contributed by atoms with Gasteiger partial charge in [-0.2, -0.15) is 0 Å². The van der Waals surface area contributed by atoms with Crippen LogP contribution in [0.15, 0.2) is 0 Å². The van der Waals surface area contributed by atoms with E-state index >= 15 is 0 Å². The monoisotopic (exact) mass is 222 g/mol. The molecule has 0 aromatic carbocycles. The Balaban J connectivity index is 3.76. The van der Waals surface area contributed by atoms with Gasteiger partial charge in [-0.25, -0.2) is 0 Å². The van der Waals surface area contributed by atoms with Crippen molar-refractivity contribution in [3.63, 3.8) is 0 Å². The second-order valence-corrected chi connectivity index (χ2v) is 4.65. The fraction of sp³-hybridized carbons (Fsp3) is 1.00. The predicted octanol–water partition coefficient (Wildman–Crippen LogP) is 3.08. The van der Waals surface area contributed by atoms with Gasteiger partial charge < -0.3 is 4.74 Å². The van der Waals surface area contributed by atoms with Crippen LogP contribution in [-0.2, 0) is 4.74 Å². The van der Waals surface area contributed by atoms with Crippen LogP contribution in [0.3, 0.4) is 0 Å². The molecule has 0 N–H and O–H groups in total. The topological polar surface area (TPSA) is 9.23 Å². The van der Waals surface area contributed by atoms with Crippen molar-refractivity contribution in [1.82, 2.24) is 0 Å². The Morgan fingerprint density at radius 1 is 1.36 bits per heavy atom. The van der Waals surface area contributed by atoms with Gasteiger partial charge in [0.25, 0.3) is 0 Å². The highest BCUT2D eigenvalue weighted by atomic mass is 79.9. The molecule has 0 aliphatic rings. The van der Waals surface area contributed by atoms with Crippen molar-refractivity contribution in [1.29, 1.82) is 0 Å². The number of alkyl halides is 1. The molecule has 1 nitrogen and oxygen atoms in total.